The van der Waals surface area contributed by atoms with Gasteiger partial charge in [0, 0.05) is 23.9 Å². The van der Waals surface area contributed by atoms with Crippen LogP contribution in [0.2, 0.25) is 15.2 Å². The Kier molecular flexibility index (Phi) is 6.11. The van der Waals surface area contributed by atoms with E-state index in [0.29, 0.717) is 41.1 Å². The van der Waals surface area contributed by atoms with Crippen molar-refractivity contribution in [1.29, 1.82) is 5.26 Å². The molecule has 2 aromatic rings. The van der Waals surface area contributed by atoms with Crippen molar-refractivity contribution in [3.05, 3.63) is 85.5 Å². The van der Waals surface area contributed by atoms with Gasteiger partial charge >= 0.3 is 0 Å². The van der Waals surface area contributed by atoms with Gasteiger partial charge in [-0.05, 0) is 36.6 Å². The van der Waals surface area contributed by atoms with Gasteiger partial charge in [-0.15, -0.1) is 0 Å². The number of nitrogens with two attached hydrogens (primary N) is 1. The van der Waals surface area contributed by atoms with Gasteiger partial charge in [-0.1, -0.05) is 46.9 Å². The van der Waals surface area contributed by atoms with Gasteiger partial charge in [-0.3, -0.25) is 15.0 Å². The number of pyridine rings is 1. The molecule has 1 amide bonds. The van der Waals surface area contributed by atoms with E-state index in [1.807, 2.05) is 0 Å². The Morgan fingerprint density at radius 1 is 1.22 bits per heavy atom. The van der Waals surface area contributed by atoms with Crippen molar-refractivity contribution in [3.8, 4) is 6.07 Å². The number of nitrogens with zero attached hydrogens (tertiary/aromatic N) is 3. The zero-order valence-corrected chi connectivity index (χ0v) is 18.8. The summed E-state index contributed by atoms with van der Waals surface area (Å²) < 4.78 is 0. The molecule has 1 aromatic heterocycles. The van der Waals surface area contributed by atoms with Gasteiger partial charge in [0.1, 0.15) is 11.0 Å². The Labute approximate surface area is 199 Å². The number of amides is 1. The van der Waals surface area contributed by atoms with Crippen LogP contribution in [-0.4, -0.2) is 21.7 Å². The maximum Gasteiger partial charge on any atom is 0.273 e. The largest absolute Gasteiger partial charge is 0.383 e. The van der Waals surface area contributed by atoms with Gasteiger partial charge in [-0.25, -0.2) is 9.99 Å². The first-order valence-electron chi connectivity index (χ1n) is 9.66. The molecule has 0 spiro atoms. The molecule has 0 bridgehead atoms. The predicted octanol–water partition coefficient (Wildman–Crippen LogP) is 4.49. The number of nitriles is 1. The van der Waals surface area contributed by atoms with Crippen LogP contribution in [0.1, 0.15) is 41.1 Å². The number of carbonyl (C=O) groups excluding carboxylic acids is 2. The van der Waals surface area contributed by atoms with Crippen LogP contribution in [0.3, 0.4) is 0 Å². The van der Waals surface area contributed by atoms with Gasteiger partial charge in [0.05, 0.1) is 33.2 Å². The fourth-order valence-corrected chi connectivity index (χ4v) is 4.61. The Morgan fingerprint density at radius 3 is 2.72 bits per heavy atom. The number of halogens is 3. The molecule has 32 heavy (non-hydrogen) atoms. The molecule has 1 aliphatic carbocycles. The molecule has 0 fully saturated rings. The number of Topliss-reactive ketones (excluding diaryl/α,β-unsaturated/α-hetero) is 1. The summed E-state index contributed by atoms with van der Waals surface area (Å²) in [5.74, 6) is -1.52. The van der Waals surface area contributed by atoms with E-state index in [1.54, 1.807) is 24.3 Å². The number of allylic oxidation sites excluding steroid dienone is 3. The lowest BCUT2D eigenvalue weighted by Crippen LogP contribution is -2.48. The molecule has 2 aliphatic rings. The lowest BCUT2D eigenvalue weighted by atomic mass is 9.76. The van der Waals surface area contributed by atoms with Crippen molar-refractivity contribution < 1.29 is 9.59 Å². The number of rotatable bonds is 3. The molecule has 162 valence electrons. The Bertz CT molecular complexity index is 1250. The summed E-state index contributed by atoms with van der Waals surface area (Å²) in [5.41, 5.74) is 10.6. The number of benzene rings is 1. The predicted molar refractivity (Wildman–Crippen MR) is 120 cm³/mol. The van der Waals surface area contributed by atoms with Gasteiger partial charge in [0.25, 0.3) is 5.91 Å². The number of hydrogen-bond donors (Lipinski definition) is 2. The van der Waals surface area contributed by atoms with E-state index < -0.39 is 11.8 Å². The quantitative estimate of drug-likeness (QED) is 0.616. The average molecular weight is 489 g/mol. The van der Waals surface area contributed by atoms with Crippen molar-refractivity contribution in [2.24, 2.45) is 5.73 Å². The minimum atomic E-state index is -0.788. The van der Waals surface area contributed by atoms with E-state index in [1.165, 1.54) is 17.3 Å². The fourth-order valence-electron chi connectivity index (χ4n) is 3.99. The molecule has 1 aliphatic heterocycles. The van der Waals surface area contributed by atoms with Gasteiger partial charge < -0.3 is 5.73 Å². The fraction of sp³-hybridized carbons (Fsp3) is 0.182. The van der Waals surface area contributed by atoms with E-state index in [0.717, 1.165) is 0 Å². The highest BCUT2D eigenvalue weighted by atomic mass is 35.5. The number of aromatic nitrogens is 1. The lowest BCUT2D eigenvalue weighted by molar-refractivity contribution is -0.116. The Hall–Kier alpha value is -3.05. The first-order valence-corrected chi connectivity index (χ1v) is 10.8. The number of hydrazine groups is 1. The summed E-state index contributed by atoms with van der Waals surface area (Å²) in [5, 5.41) is 11.8. The van der Waals surface area contributed by atoms with Crippen LogP contribution in [0, 0.1) is 11.3 Å². The maximum absolute atomic E-state index is 13.1. The van der Waals surface area contributed by atoms with Crippen LogP contribution in [0.15, 0.2) is 59.2 Å². The van der Waals surface area contributed by atoms with Crippen molar-refractivity contribution in [1.82, 2.24) is 15.4 Å². The second-order valence-electron chi connectivity index (χ2n) is 7.24. The van der Waals surface area contributed by atoms with Gasteiger partial charge in [-0.2, -0.15) is 5.26 Å². The van der Waals surface area contributed by atoms with Gasteiger partial charge in [0.15, 0.2) is 5.78 Å². The second-order valence-corrected chi connectivity index (χ2v) is 8.39. The maximum atomic E-state index is 13.1. The Morgan fingerprint density at radius 2 is 2.00 bits per heavy atom. The van der Waals surface area contributed by atoms with E-state index in [9.17, 15) is 14.9 Å². The monoisotopic (exact) mass is 487 g/mol. The first-order chi connectivity index (χ1) is 15.3. The van der Waals surface area contributed by atoms with Crippen LogP contribution in [0.25, 0.3) is 0 Å². The van der Waals surface area contributed by atoms with Crippen LogP contribution < -0.4 is 11.2 Å². The van der Waals surface area contributed by atoms with Crippen LogP contribution >= 0.6 is 34.8 Å². The summed E-state index contributed by atoms with van der Waals surface area (Å²) in [6.45, 7) is 0. The van der Waals surface area contributed by atoms with Crippen molar-refractivity contribution >= 4 is 46.5 Å². The molecule has 3 N–H and O–H groups in total. The van der Waals surface area contributed by atoms with E-state index in [2.05, 4.69) is 16.5 Å². The number of carbonyl (C=O) groups is 2. The SMILES string of the molecule is N#CC1=C(N)N(NC(=O)c2cccnc2Cl)C2=C(C(=O)CCC2)C1c1cccc(Cl)c1Cl. The van der Waals surface area contributed by atoms with E-state index in [-0.39, 0.29) is 32.9 Å². The van der Waals surface area contributed by atoms with Crippen molar-refractivity contribution in [2.45, 2.75) is 25.2 Å². The normalized spacial score (nSPS) is 18.4. The van der Waals surface area contributed by atoms with E-state index >= 15 is 0 Å². The lowest BCUT2D eigenvalue weighted by Gasteiger charge is -2.39. The van der Waals surface area contributed by atoms with Crippen LogP contribution in [-0.2, 0) is 4.79 Å². The number of nitrogens with one attached hydrogen (secondary N) is 1. The molecule has 0 saturated carbocycles. The summed E-state index contributed by atoms with van der Waals surface area (Å²) >= 11 is 18.7. The second kappa shape index (κ2) is 8.83. The summed E-state index contributed by atoms with van der Waals surface area (Å²) in [6, 6.07) is 10.2. The van der Waals surface area contributed by atoms with Crippen LogP contribution in [0.4, 0.5) is 0 Å². The molecule has 2 heterocycles. The zero-order valence-electron chi connectivity index (χ0n) is 16.5. The minimum Gasteiger partial charge on any atom is -0.383 e. The zero-order chi connectivity index (χ0) is 23.0. The summed E-state index contributed by atoms with van der Waals surface area (Å²) in [4.78, 5) is 29.9. The topological polar surface area (TPSA) is 112 Å². The highest BCUT2D eigenvalue weighted by Gasteiger charge is 2.41. The summed E-state index contributed by atoms with van der Waals surface area (Å²) in [6.07, 6.45) is 2.81. The molecule has 1 atom stereocenters. The molecule has 0 radical (unpaired) electrons. The highest BCUT2D eigenvalue weighted by molar-refractivity contribution is 6.42. The molecule has 10 heteroatoms. The Balaban J connectivity index is 1.86. The van der Waals surface area contributed by atoms with E-state index in [4.69, 9.17) is 40.5 Å². The number of ketones is 1. The molecule has 1 unspecified atom stereocenters. The molecule has 0 saturated heterocycles. The van der Waals surface area contributed by atoms with Crippen molar-refractivity contribution in [2.75, 3.05) is 0 Å². The third-order valence-electron chi connectivity index (χ3n) is 5.42. The van der Waals surface area contributed by atoms with Crippen molar-refractivity contribution in [3.63, 3.8) is 0 Å². The minimum absolute atomic E-state index is 0.00430. The summed E-state index contributed by atoms with van der Waals surface area (Å²) in [7, 11) is 0. The first kappa shape index (κ1) is 22.2. The average Bonchev–Trinajstić information content (AvgIpc) is 2.77. The molecular formula is C22H16Cl3N5O2. The molecule has 4 rings (SSSR count). The standard InChI is InChI=1S/C22H16Cl3N5O2/c23-14-6-1-4-11(19(14)24)17-13(10-26)21(27)30(15-7-2-8-16(31)18(15)17)29-22(32)12-5-3-9-28-20(12)25/h1,3-6,9,17H,2,7-8,27H2,(H,29,32). The smallest absolute Gasteiger partial charge is 0.273 e. The molecule has 1 aromatic carbocycles. The third kappa shape index (κ3) is 3.71. The van der Waals surface area contributed by atoms with Crippen LogP contribution in [0.5, 0.6) is 0 Å². The highest BCUT2D eigenvalue weighted by Crippen LogP contribution is 2.46. The third-order valence-corrected chi connectivity index (χ3v) is 6.56. The van der Waals surface area contributed by atoms with Gasteiger partial charge in [0.2, 0.25) is 0 Å². The molecule has 7 nitrogen and oxygen atoms in total. The number of hydrogen-bond acceptors (Lipinski definition) is 6. The molecular weight excluding hydrogens is 473 g/mol.